The molecule has 0 fully saturated rings. The van der Waals surface area contributed by atoms with Gasteiger partial charge in [0.05, 0.1) is 12.6 Å². The van der Waals surface area contributed by atoms with Crippen LogP contribution in [0.4, 0.5) is 10.5 Å². The summed E-state index contributed by atoms with van der Waals surface area (Å²) in [6.45, 7) is 3.90. The van der Waals surface area contributed by atoms with Crippen LogP contribution in [0.3, 0.4) is 0 Å². The number of fused-ring (bicyclic) bond motifs is 1. The number of ether oxygens (including phenoxy) is 1. The van der Waals surface area contributed by atoms with Gasteiger partial charge in [-0.05, 0) is 50.2 Å². The van der Waals surface area contributed by atoms with Crippen LogP contribution in [0.2, 0.25) is 0 Å². The molecule has 0 aliphatic heterocycles. The highest BCUT2D eigenvalue weighted by atomic mass is 16.5. The summed E-state index contributed by atoms with van der Waals surface area (Å²) in [5.41, 5.74) is 1.84. The average Bonchev–Trinajstić information content (AvgIpc) is 3.07. The highest BCUT2D eigenvalue weighted by Gasteiger charge is 2.15. The fourth-order valence-corrected chi connectivity index (χ4v) is 2.56. The zero-order valence-corrected chi connectivity index (χ0v) is 14.6. The SMILES string of the molecule is CCOC(=O)Nc1ccc(C(=O)N[C@@H](C)c2cc3ccccc3o2)cc1. The first-order chi connectivity index (χ1) is 12.6. The number of carbonyl (C=O) groups excluding carboxylic acids is 2. The van der Waals surface area contributed by atoms with Gasteiger partial charge in [0.15, 0.2) is 0 Å². The van der Waals surface area contributed by atoms with E-state index in [1.165, 1.54) is 0 Å². The van der Waals surface area contributed by atoms with Gasteiger partial charge in [0.1, 0.15) is 11.3 Å². The number of nitrogens with one attached hydrogen (secondary N) is 2. The number of furan rings is 1. The first kappa shape index (κ1) is 17.5. The second-order valence-corrected chi connectivity index (χ2v) is 5.80. The molecule has 1 atom stereocenters. The summed E-state index contributed by atoms with van der Waals surface area (Å²) in [5, 5.41) is 6.49. The Bertz CT molecular complexity index is 882. The number of carbonyl (C=O) groups is 2. The summed E-state index contributed by atoms with van der Waals surface area (Å²) >= 11 is 0. The molecule has 0 saturated heterocycles. The second kappa shape index (κ2) is 7.74. The first-order valence-corrected chi connectivity index (χ1v) is 8.40. The Balaban J connectivity index is 1.64. The minimum atomic E-state index is -0.525. The Morgan fingerprint density at radius 1 is 1.12 bits per heavy atom. The van der Waals surface area contributed by atoms with Crippen LogP contribution in [-0.4, -0.2) is 18.6 Å². The van der Waals surface area contributed by atoms with Gasteiger partial charge in [0.2, 0.25) is 0 Å². The van der Waals surface area contributed by atoms with Crippen LogP contribution in [-0.2, 0) is 4.74 Å². The third-order valence-corrected chi connectivity index (χ3v) is 3.89. The lowest BCUT2D eigenvalue weighted by Gasteiger charge is -2.12. The van der Waals surface area contributed by atoms with E-state index < -0.39 is 6.09 Å². The van der Waals surface area contributed by atoms with Gasteiger partial charge >= 0.3 is 6.09 Å². The Morgan fingerprint density at radius 3 is 2.54 bits per heavy atom. The second-order valence-electron chi connectivity index (χ2n) is 5.80. The molecule has 2 amide bonds. The predicted octanol–water partition coefficient (Wildman–Crippen LogP) is 4.49. The summed E-state index contributed by atoms with van der Waals surface area (Å²) in [6.07, 6.45) is -0.525. The van der Waals surface area contributed by atoms with Gasteiger partial charge in [-0.15, -0.1) is 0 Å². The molecule has 0 saturated carbocycles. The fourth-order valence-electron chi connectivity index (χ4n) is 2.56. The topological polar surface area (TPSA) is 80.6 Å². The van der Waals surface area contributed by atoms with Gasteiger partial charge in [0, 0.05) is 16.6 Å². The Labute approximate surface area is 151 Å². The fraction of sp³-hybridized carbons (Fsp3) is 0.200. The van der Waals surface area contributed by atoms with Crippen molar-refractivity contribution < 1.29 is 18.7 Å². The molecule has 0 bridgehead atoms. The van der Waals surface area contributed by atoms with Crippen molar-refractivity contribution in [3.05, 3.63) is 65.9 Å². The number of benzene rings is 2. The number of hydrogen-bond donors (Lipinski definition) is 2. The molecule has 134 valence electrons. The summed E-state index contributed by atoms with van der Waals surface area (Å²) in [5.74, 6) is 0.473. The standard InChI is InChI=1S/C20H20N2O4/c1-3-25-20(24)22-16-10-8-14(9-11-16)19(23)21-13(2)18-12-15-6-4-5-7-17(15)26-18/h4-13H,3H2,1-2H3,(H,21,23)(H,22,24)/t13-/m0/s1. The molecule has 0 unspecified atom stereocenters. The maximum absolute atomic E-state index is 12.4. The quantitative estimate of drug-likeness (QED) is 0.709. The number of hydrogen-bond acceptors (Lipinski definition) is 4. The molecule has 0 radical (unpaired) electrons. The Hall–Kier alpha value is -3.28. The molecule has 0 aliphatic rings. The molecule has 0 aliphatic carbocycles. The summed E-state index contributed by atoms with van der Waals surface area (Å²) in [4.78, 5) is 23.8. The lowest BCUT2D eigenvalue weighted by Crippen LogP contribution is -2.26. The Morgan fingerprint density at radius 2 is 1.85 bits per heavy atom. The van der Waals surface area contributed by atoms with Crippen LogP contribution < -0.4 is 10.6 Å². The van der Waals surface area contributed by atoms with E-state index in [1.807, 2.05) is 37.3 Å². The van der Waals surface area contributed by atoms with Gasteiger partial charge in [-0.25, -0.2) is 4.79 Å². The molecule has 6 heteroatoms. The smallest absolute Gasteiger partial charge is 0.411 e. The number of para-hydroxylation sites is 1. The lowest BCUT2D eigenvalue weighted by atomic mass is 10.1. The first-order valence-electron chi connectivity index (χ1n) is 8.40. The number of anilines is 1. The molecular weight excluding hydrogens is 332 g/mol. The minimum absolute atomic E-state index is 0.222. The van der Waals surface area contributed by atoms with Crippen LogP contribution >= 0.6 is 0 Å². The summed E-state index contributed by atoms with van der Waals surface area (Å²) in [7, 11) is 0. The predicted molar refractivity (Wildman–Crippen MR) is 99.2 cm³/mol. The molecular formula is C20H20N2O4. The van der Waals surface area contributed by atoms with Crippen molar-refractivity contribution in [2.75, 3.05) is 11.9 Å². The van der Waals surface area contributed by atoms with E-state index in [1.54, 1.807) is 31.2 Å². The van der Waals surface area contributed by atoms with Crippen LogP contribution in [0.15, 0.2) is 59.0 Å². The van der Waals surface area contributed by atoms with Crippen molar-refractivity contribution in [1.29, 1.82) is 0 Å². The largest absolute Gasteiger partial charge is 0.459 e. The molecule has 1 heterocycles. The van der Waals surface area contributed by atoms with Gasteiger partial charge in [-0.1, -0.05) is 18.2 Å². The van der Waals surface area contributed by atoms with Crippen molar-refractivity contribution in [2.45, 2.75) is 19.9 Å². The number of amides is 2. The van der Waals surface area contributed by atoms with Crippen LogP contribution in [0.1, 0.15) is 36.0 Å². The minimum Gasteiger partial charge on any atom is -0.459 e. The van der Waals surface area contributed by atoms with Gasteiger partial charge in [-0.2, -0.15) is 0 Å². The normalized spacial score (nSPS) is 11.8. The molecule has 26 heavy (non-hydrogen) atoms. The third-order valence-electron chi connectivity index (χ3n) is 3.89. The summed E-state index contributed by atoms with van der Waals surface area (Å²) in [6, 6.07) is 15.9. The van der Waals surface area contributed by atoms with Crippen LogP contribution in [0.5, 0.6) is 0 Å². The maximum Gasteiger partial charge on any atom is 0.411 e. The molecule has 3 aromatic rings. The van der Waals surface area contributed by atoms with E-state index in [4.69, 9.17) is 9.15 Å². The molecule has 2 aromatic carbocycles. The zero-order valence-electron chi connectivity index (χ0n) is 14.6. The van der Waals surface area contributed by atoms with Crippen molar-refractivity contribution in [3.8, 4) is 0 Å². The highest BCUT2D eigenvalue weighted by Crippen LogP contribution is 2.23. The molecule has 2 N–H and O–H groups in total. The van der Waals surface area contributed by atoms with Crippen molar-refractivity contribution in [1.82, 2.24) is 5.32 Å². The summed E-state index contributed by atoms with van der Waals surface area (Å²) < 4.78 is 10.6. The van der Waals surface area contributed by atoms with E-state index in [0.29, 0.717) is 23.6 Å². The molecule has 3 rings (SSSR count). The average molecular weight is 352 g/mol. The van der Waals surface area contributed by atoms with E-state index in [2.05, 4.69) is 10.6 Å². The van der Waals surface area contributed by atoms with Crippen molar-refractivity contribution >= 4 is 28.7 Å². The molecule has 6 nitrogen and oxygen atoms in total. The monoisotopic (exact) mass is 352 g/mol. The zero-order chi connectivity index (χ0) is 18.5. The molecule has 1 aromatic heterocycles. The van der Waals surface area contributed by atoms with E-state index in [9.17, 15) is 9.59 Å². The van der Waals surface area contributed by atoms with Crippen molar-refractivity contribution in [2.24, 2.45) is 0 Å². The third kappa shape index (κ3) is 4.03. The van der Waals surface area contributed by atoms with Gasteiger partial charge in [-0.3, -0.25) is 10.1 Å². The van der Waals surface area contributed by atoms with E-state index in [0.717, 1.165) is 11.0 Å². The van der Waals surface area contributed by atoms with E-state index in [-0.39, 0.29) is 11.9 Å². The maximum atomic E-state index is 12.4. The van der Waals surface area contributed by atoms with Crippen molar-refractivity contribution in [3.63, 3.8) is 0 Å². The lowest BCUT2D eigenvalue weighted by molar-refractivity contribution is 0.0935. The molecule has 0 spiro atoms. The number of rotatable bonds is 5. The van der Waals surface area contributed by atoms with Crippen LogP contribution in [0, 0.1) is 0 Å². The Kier molecular flexibility index (Phi) is 5.22. The van der Waals surface area contributed by atoms with Gasteiger partial charge < -0.3 is 14.5 Å². The van der Waals surface area contributed by atoms with Crippen LogP contribution in [0.25, 0.3) is 11.0 Å². The highest BCUT2D eigenvalue weighted by molar-refractivity contribution is 5.95. The van der Waals surface area contributed by atoms with E-state index >= 15 is 0 Å². The van der Waals surface area contributed by atoms with Gasteiger partial charge in [0.25, 0.3) is 5.91 Å².